The fourth-order valence-corrected chi connectivity index (χ4v) is 10.4. The topological polar surface area (TPSA) is 45.7 Å². The van der Waals surface area contributed by atoms with Crippen molar-refractivity contribution in [3.05, 3.63) is 251 Å². The first kappa shape index (κ1) is 34.7. The highest BCUT2D eigenvalue weighted by Crippen LogP contribution is 2.65. The van der Waals surface area contributed by atoms with E-state index in [2.05, 4.69) is 223 Å². The van der Waals surface area contributed by atoms with Gasteiger partial charge in [0, 0.05) is 28.5 Å². The van der Waals surface area contributed by atoms with Crippen molar-refractivity contribution in [3.63, 3.8) is 0 Å². The predicted molar refractivity (Wildman–Crippen MR) is 243 cm³/mol. The molecule has 2 aliphatic heterocycles. The zero-order valence-electron chi connectivity index (χ0n) is 32.9. The maximum absolute atomic E-state index is 6.62. The molecule has 0 saturated carbocycles. The largest absolute Gasteiger partial charge is 0.457 e. The Balaban J connectivity index is 0.969. The second kappa shape index (κ2) is 13.9. The third-order valence-corrected chi connectivity index (χ3v) is 13.1. The average Bonchev–Trinajstić information content (AvgIpc) is 3.62. The Morgan fingerprint density at radius 3 is 1.95 bits per heavy atom. The molecule has 4 nitrogen and oxygen atoms in total. The van der Waals surface area contributed by atoms with Gasteiger partial charge in [-0.1, -0.05) is 188 Å². The number of para-hydroxylation sites is 2. The lowest BCUT2D eigenvalue weighted by atomic mass is 9.62. The first-order chi connectivity index (χ1) is 29.7. The van der Waals surface area contributed by atoms with Gasteiger partial charge in [0.2, 0.25) is 0 Å². The van der Waals surface area contributed by atoms with E-state index in [9.17, 15) is 0 Å². The molecule has 8 aromatic carbocycles. The summed E-state index contributed by atoms with van der Waals surface area (Å²) in [5.74, 6) is 3.10. The molecule has 286 valence electrons. The standard InChI is InChI=1S/C56H41N3O/c1-2-14-36(15-3-1)38-28-31-39(32-29-38)53-57-54(59-55(58-53)43-33-30-37-16-4-5-17-40(37)34-43)42-19-12-18-41(35-42)44-21-13-25-49-52(44)45-20-6-7-22-46(45)56(49)47-23-8-10-26-50(47)60-51-27-11-9-24-48(51)56/h1-35,45-46,53-54,57H,(H,58,59). The molecule has 4 atom stereocenters. The molecule has 4 aliphatic rings. The Labute approximate surface area is 350 Å². The van der Waals surface area contributed by atoms with Gasteiger partial charge in [-0.05, 0) is 79.5 Å². The van der Waals surface area contributed by atoms with Crippen LogP contribution in [0.2, 0.25) is 0 Å². The van der Waals surface area contributed by atoms with Gasteiger partial charge >= 0.3 is 0 Å². The van der Waals surface area contributed by atoms with Crippen LogP contribution >= 0.6 is 0 Å². The Bertz CT molecular complexity index is 3010. The van der Waals surface area contributed by atoms with Gasteiger partial charge in [0.05, 0.1) is 5.41 Å². The lowest BCUT2D eigenvalue weighted by molar-refractivity contribution is 0.374. The number of hydrogen-bond acceptors (Lipinski definition) is 4. The highest BCUT2D eigenvalue weighted by Gasteiger charge is 2.57. The lowest BCUT2D eigenvalue weighted by Gasteiger charge is -2.43. The smallest absolute Gasteiger partial charge is 0.131 e. The summed E-state index contributed by atoms with van der Waals surface area (Å²) in [6.07, 6.45) is 8.84. The molecule has 0 bridgehead atoms. The number of fused-ring (bicyclic) bond motifs is 10. The van der Waals surface area contributed by atoms with Crippen molar-refractivity contribution < 1.29 is 4.74 Å². The predicted octanol–water partition coefficient (Wildman–Crippen LogP) is 12.8. The van der Waals surface area contributed by atoms with E-state index >= 15 is 0 Å². The van der Waals surface area contributed by atoms with E-state index in [1.165, 1.54) is 55.3 Å². The molecule has 4 unspecified atom stereocenters. The normalized spacial score (nSPS) is 20.3. The van der Waals surface area contributed by atoms with Crippen LogP contribution in [0, 0.1) is 5.92 Å². The Morgan fingerprint density at radius 2 is 1.13 bits per heavy atom. The van der Waals surface area contributed by atoms with E-state index < -0.39 is 5.41 Å². The monoisotopic (exact) mass is 771 g/mol. The molecule has 2 heterocycles. The number of benzene rings is 8. The first-order valence-electron chi connectivity index (χ1n) is 20.9. The highest BCUT2D eigenvalue weighted by atomic mass is 16.5. The van der Waals surface area contributed by atoms with Gasteiger partial charge in [0.15, 0.2) is 0 Å². The van der Waals surface area contributed by atoms with Crippen molar-refractivity contribution >= 4 is 16.6 Å². The molecule has 12 rings (SSSR count). The fourth-order valence-electron chi connectivity index (χ4n) is 10.4. The third-order valence-electron chi connectivity index (χ3n) is 13.1. The SMILES string of the molecule is C1=CC2c3c(-c4cccc(C5NC(c6ccc7ccccc7c6)=NC(c6ccc(-c7ccccc7)cc6)N5)c4)cccc3C3(c4ccccc4Oc4ccccc43)C2C=C1. The number of nitrogens with one attached hydrogen (secondary N) is 2. The van der Waals surface area contributed by atoms with Gasteiger partial charge in [0.1, 0.15) is 29.7 Å². The van der Waals surface area contributed by atoms with Crippen molar-refractivity contribution in [3.8, 4) is 33.8 Å². The second-order valence-corrected chi connectivity index (χ2v) is 16.3. The van der Waals surface area contributed by atoms with Crippen molar-refractivity contribution in [2.45, 2.75) is 23.7 Å². The molecule has 0 fully saturated rings. The summed E-state index contributed by atoms with van der Waals surface area (Å²) in [4.78, 5) is 5.34. The number of aliphatic imine (C=N–C) groups is 1. The van der Waals surface area contributed by atoms with Crippen LogP contribution in [0.5, 0.6) is 11.5 Å². The van der Waals surface area contributed by atoms with Crippen molar-refractivity contribution in [1.29, 1.82) is 0 Å². The number of nitrogens with zero attached hydrogens (tertiary/aromatic N) is 1. The maximum Gasteiger partial charge on any atom is 0.131 e. The van der Waals surface area contributed by atoms with Crippen LogP contribution in [-0.2, 0) is 5.41 Å². The lowest BCUT2D eigenvalue weighted by Crippen LogP contribution is -2.45. The van der Waals surface area contributed by atoms with Crippen molar-refractivity contribution in [1.82, 2.24) is 10.6 Å². The molecular formula is C56H41N3O. The van der Waals surface area contributed by atoms with Gasteiger partial charge in [-0.2, -0.15) is 0 Å². The summed E-state index contributed by atoms with van der Waals surface area (Å²) >= 11 is 0. The molecule has 2 aliphatic carbocycles. The van der Waals surface area contributed by atoms with Crippen LogP contribution in [0.25, 0.3) is 33.0 Å². The van der Waals surface area contributed by atoms with Crippen molar-refractivity contribution in [2.75, 3.05) is 0 Å². The van der Waals surface area contributed by atoms with Gasteiger partial charge in [0.25, 0.3) is 0 Å². The van der Waals surface area contributed by atoms with Crippen LogP contribution in [0.1, 0.15) is 57.2 Å². The van der Waals surface area contributed by atoms with Crippen molar-refractivity contribution in [2.24, 2.45) is 10.9 Å². The molecule has 0 amide bonds. The van der Waals surface area contributed by atoms with Gasteiger partial charge in [-0.3, -0.25) is 5.32 Å². The molecule has 1 spiro atoms. The summed E-state index contributed by atoms with van der Waals surface area (Å²) in [6, 6.07) is 67.8. The van der Waals surface area contributed by atoms with E-state index in [-0.39, 0.29) is 24.2 Å². The third kappa shape index (κ3) is 5.45. The maximum atomic E-state index is 6.62. The molecule has 0 radical (unpaired) electrons. The summed E-state index contributed by atoms with van der Waals surface area (Å²) in [5, 5.41) is 10.1. The highest BCUT2D eigenvalue weighted by molar-refractivity contribution is 6.02. The second-order valence-electron chi connectivity index (χ2n) is 16.3. The molecule has 60 heavy (non-hydrogen) atoms. The minimum absolute atomic E-state index is 0.185. The van der Waals surface area contributed by atoms with Crippen LogP contribution in [0.15, 0.2) is 217 Å². The average molecular weight is 772 g/mol. The molecule has 2 N–H and O–H groups in total. The zero-order valence-corrected chi connectivity index (χ0v) is 32.9. The minimum atomic E-state index is -0.401. The van der Waals surface area contributed by atoms with Crippen LogP contribution in [-0.4, -0.2) is 5.84 Å². The Kier molecular flexibility index (Phi) is 8.07. The zero-order chi connectivity index (χ0) is 39.6. The van der Waals surface area contributed by atoms with Gasteiger partial charge < -0.3 is 10.1 Å². The molecule has 0 aromatic heterocycles. The number of hydrogen-bond donors (Lipinski definition) is 2. The summed E-state index contributed by atoms with van der Waals surface area (Å²) in [6.45, 7) is 0. The van der Waals surface area contributed by atoms with E-state index in [1.807, 2.05) is 0 Å². The molecule has 0 saturated heterocycles. The number of ether oxygens (including phenoxy) is 1. The number of amidine groups is 1. The van der Waals surface area contributed by atoms with Gasteiger partial charge in [-0.25, -0.2) is 4.99 Å². The van der Waals surface area contributed by atoms with Crippen LogP contribution < -0.4 is 15.4 Å². The fraction of sp³-hybridized carbons (Fsp3) is 0.0893. The Hall–Kier alpha value is -7.27. The summed E-state index contributed by atoms with van der Waals surface area (Å²) < 4.78 is 6.62. The summed E-state index contributed by atoms with van der Waals surface area (Å²) in [7, 11) is 0. The van der Waals surface area contributed by atoms with E-state index in [0.717, 1.165) is 34.0 Å². The van der Waals surface area contributed by atoms with Crippen LogP contribution in [0.3, 0.4) is 0 Å². The minimum Gasteiger partial charge on any atom is -0.457 e. The number of allylic oxidation sites excluding steroid dienone is 4. The van der Waals surface area contributed by atoms with E-state index in [4.69, 9.17) is 9.73 Å². The molecule has 4 heteroatoms. The van der Waals surface area contributed by atoms with Gasteiger partial charge in [-0.15, -0.1) is 0 Å². The van der Waals surface area contributed by atoms with E-state index in [0.29, 0.717) is 0 Å². The van der Waals surface area contributed by atoms with E-state index in [1.54, 1.807) is 0 Å². The first-order valence-corrected chi connectivity index (χ1v) is 20.9. The molecule has 8 aromatic rings. The van der Waals surface area contributed by atoms with Crippen LogP contribution in [0.4, 0.5) is 0 Å². The quantitative estimate of drug-likeness (QED) is 0.183. The summed E-state index contributed by atoms with van der Waals surface area (Å²) in [5.41, 5.74) is 12.9. The molecular weight excluding hydrogens is 731 g/mol. The number of rotatable bonds is 5. The Morgan fingerprint density at radius 1 is 0.483 bits per heavy atom.